The first-order chi connectivity index (χ1) is 8.69. The second-order valence-electron chi connectivity index (χ2n) is 6.31. The zero-order chi connectivity index (χ0) is 14.4. The Labute approximate surface area is 111 Å². The van der Waals surface area contributed by atoms with Crippen molar-refractivity contribution in [2.75, 3.05) is 0 Å². The molecular formula is C13H19NO5. The number of ketones is 1. The molecule has 6 heteroatoms. The van der Waals surface area contributed by atoms with Crippen LogP contribution in [0.2, 0.25) is 0 Å². The molecular weight excluding hydrogens is 250 g/mol. The van der Waals surface area contributed by atoms with Crippen LogP contribution in [-0.2, 0) is 14.3 Å². The van der Waals surface area contributed by atoms with Crippen LogP contribution in [0.25, 0.3) is 0 Å². The van der Waals surface area contributed by atoms with Crippen molar-refractivity contribution in [1.82, 2.24) is 5.32 Å². The van der Waals surface area contributed by atoms with Crippen molar-refractivity contribution < 1.29 is 24.2 Å². The smallest absolute Gasteiger partial charge is 0.407 e. The fourth-order valence-corrected chi connectivity index (χ4v) is 3.09. The summed E-state index contributed by atoms with van der Waals surface area (Å²) in [4.78, 5) is 34.6. The minimum absolute atomic E-state index is 0.000335. The monoisotopic (exact) mass is 269 g/mol. The van der Waals surface area contributed by atoms with Gasteiger partial charge >= 0.3 is 12.1 Å². The second-order valence-corrected chi connectivity index (χ2v) is 6.31. The molecule has 0 aromatic heterocycles. The predicted molar refractivity (Wildman–Crippen MR) is 65.5 cm³/mol. The molecule has 2 rings (SSSR count). The number of aliphatic carboxylic acids is 1. The van der Waals surface area contributed by atoms with Crippen molar-refractivity contribution in [3.63, 3.8) is 0 Å². The van der Waals surface area contributed by atoms with Crippen molar-refractivity contribution in [1.29, 1.82) is 0 Å². The Morgan fingerprint density at radius 1 is 1.37 bits per heavy atom. The molecule has 106 valence electrons. The lowest BCUT2D eigenvalue weighted by molar-refractivity contribution is -0.147. The van der Waals surface area contributed by atoms with Crippen molar-refractivity contribution >= 4 is 17.8 Å². The van der Waals surface area contributed by atoms with Gasteiger partial charge < -0.3 is 15.2 Å². The molecule has 0 saturated heterocycles. The third-order valence-electron chi connectivity index (χ3n) is 3.73. The highest BCUT2D eigenvalue weighted by Gasteiger charge is 2.56. The molecule has 2 saturated carbocycles. The van der Waals surface area contributed by atoms with Gasteiger partial charge in [-0.2, -0.15) is 0 Å². The van der Waals surface area contributed by atoms with Gasteiger partial charge in [0.1, 0.15) is 11.4 Å². The molecule has 0 spiro atoms. The largest absolute Gasteiger partial charge is 0.481 e. The van der Waals surface area contributed by atoms with E-state index in [1.54, 1.807) is 20.8 Å². The van der Waals surface area contributed by atoms with Gasteiger partial charge in [-0.1, -0.05) is 0 Å². The van der Waals surface area contributed by atoms with Gasteiger partial charge in [0.25, 0.3) is 0 Å². The summed E-state index contributed by atoms with van der Waals surface area (Å²) in [6.07, 6.45) is 0.286. The number of rotatable bonds is 2. The van der Waals surface area contributed by atoms with Crippen LogP contribution in [0.15, 0.2) is 0 Å². The molecule has 2 aliphatic carbocycles. The zero-order valence-corrected chi connectivity index (χ0v) is 11.3. The SMILES string of the molecule is CC(C)(C)OC(=O)N[C@@H]1[C@H]2CC(=O)[C@H](C2)[C@@H]1C(=O)O. The molecule has 0 unspecified atom stereocenters. The third kappa shape index (κ3) is 2.72. The average molecular weight is 269 g/mol. The Bertz CT molecular complexity index is 425. The average Bonchev–Trinajstić information content (AvgIpc) is 2.70. The fraction of sp³-hybridized carbons (Fsp3) is 0.769. The van der Waals surface area contributed by atoms with Crippen molar-refractivity contribution in [3.8, 4) is 0 Å². The maximum atomic E-state index is 11.7. The summed E-state index contributed by atoms with van der Waals surface area (Å²) in [7, 11) is 0. The number of Topliss-reactive ketones (excluding diaryl/α,β-unsaturated/α-hetero) is 1. The van der Waals surface area contributed by atoms with Gasteiger partial charge in [-0.25, -0.2) is 4.79 Å². The first-order valence-corrected chi connectivity index (χ1v) is 6.44. The molecule has 0 aromatic carbocycles. The molecule has 4 atom stereocenters. The van der Waals surface area contributed by atoms with Crippen LogP contribution in [0, 0.1) is 17.8 Å². The standard InChI is InChI=1S/C13H19NO5/c1-13(2,3)19-12(18)14-10-6-4-7(8(15)5-6)9(10)11(16)17/h6-7,9-10H,4-5H2,1-3H3,(H,14,18)(H,16,17)/t6-,7+,9+,10-/m1/s1. The molecule has 0 radical (unpaired) electrons. The van der Waals surface area contributed by atoms with Gasteiger partial charge in [0.05, 0.1) is 5.92 Å². The normalized spacial score (nSPS) is 33.3. The third-order valence-corrected chi connectivity index (χ3v) is 3.73. The van der Waals surface area contributed by atoms with Gasteiger partial charge in [0, 0.05) is 18.4 Å². The van der Waals surface area contributed by atoms with Crippen LogP contribution in [0.4, 0.5) is 4.79 Å². The Balaban J connectivity index is 2.06. The number of alkyl carbamates (subject to hydrolysis) is 1. The summed E-state index contributed by atoms with van der Waals surface area (Å²) in [5, 5.41) is 11.8. The van der Waals surface area contributed by atoms with Crippen LogP contribution in [0.3, 0.4) is 0 Å². The number of carbonyl (C=O) groups excluding carboxylic acids is 2. The molecule has 0 aromatic rings. The minimum atomic E-state index is -1.03. The molecule has 6 nitrogen and oxygen atoms in total. The molecule has 19 heavy (non-hydrogen) atoms. The molecule has 0 heterocycles. The van der Waals surface area contributed by atoms with E-state index in [0.29, 0.717) is 12.8 Å². The topological polar surface area (TPSA) is 92.7 Å². The van der Waals surface area contributed by atoms with Crippen molar-refractivity contribution in [2.45, 2.75) is 45.3 Å². The van der Waals surface area contributed by atoms with Gasteiger partial charge in [0.2, 0.25) is 0 Å². The first-order valence-electron chi connectivity index (χ1n) is 6.44. The lowest BCUT2D eigenvalue weighted by Gasteiger charge is -2.29. The van der Waals surface area contributed by atoms with Crippen LogP contribution >= 0.6 is 0 Å². The second kappa shape index (κ2) is 4.51. The highest BCUT2D eigenvalue weighted by molar-refractivity contribution is 5.91. The number of carboxylic acids is 1. The van der Waals surface area contributed by atoms with E-state index in [0.717, 1.165) is 0 Å². The number of carboxylic acid groups (broad SMARTS) is 1. The van der Waals surface area contributed by atoms with E-state index >= 15 is 0 Å². The maximum Gasteiger partial charge on any atom is 0.407 e. The predicted octanol–water partition coefficient (Wildman–Crippen LogP) is 1.19. The van der Waals surface area contributed by atoms with Gasteiger partial charge in [-0.3, -0.25) is 9.59 Å². The number of fused-ring (bicyclic) bond motifs is 2. The summed E-state index contributed by atoms with van der Waals surface area (Å²) in [6.45, 7) is 5.22. The quantitative estimate of drug-likeness (QED) is 0.785. The molecule has 2 N–H and O–H groups in total. The molecule has 2 fully saturated rings. The Hall–Kier alpha value is -1.59. The van der Waals surface area contributed by atoms with E-state index in [9.17, 15) is 19.5 Å². The summed E-state index contributed by atoms with van der Waals surface area (Å²) in [6, 6.07) is -0.505. The van der Waals surface area contributed by atoms with E-state index in [-0.39, 0.29) is 11.7 Å². The molecule has 0 aliphatic heterocycles. The molecule has 2 aliphatic rings. The van der Waals surface area contributed by atoms with Crippen LogP contribution in [0.1, 0.15) is 33.6 Å². The zero-order valence-electron chi connectivity index (χ0n) is 11.3. The molecule has 2 bridgehead atoms. The number of carbonyl (C=O) groups is 3. The number of hydrogen-bond donors (Lipinski definition) is 2. The lowest BCUT2D eigenvalue weighted by atomic mass is 9.84. The number of nitrogens with one attached hydrogen (secondary N) is 1. The van der Waals surface area contributed by atoms with E-state index < -0.39 is 35.5 Å². The summed E-state index contributed by atoms with van der Waals surface area (Å²) >= 11 is 0. The summed E-state index contributed by atoms with van der Waals surface area (Å²) in [5.41, 5.74) is -0.629. The fourth-order valence-electron chi connectivity index (χ4n) is 3.09. The Morgan fingerprint density at radius 2 is 2.00 bits per heavy atom. The maximum absolute atomic E-state index is 11.7. The van der Waals surface area contributed by atoms with Gasteiger partial charge in [-0.15, -0.1) is 0 Å². The summed E-state index contributed by atoms with van der Waals surface area (Å²) < 4.78 is 5.13. The van der Waals surface area contributed by atoms with E-state index in [2.05, 4.69) is 5.32 Å². The van der Waals surface area contributed by atoms with Crippen LogP contribution in [0.5, 0.6) is 0 Å². The lowest BCUT2D eigenvalue weighted by Crippen LogP contribution is -2.49. The van der Waals surface area contributed by atoms with Crippen LogP contribution < -0.4 is 5.32 Å². The van der Waals surface area contributed by atoms with Gasteiger partial charge in [-0.05, 0) is 33.1 Å². The van der Waals surface area contributed by atoms with E-state index in [1.807, 2.05) is 0 Å². The highest BCUT2D eigenvalue weighted by atomic mass is 16.6. The Kier molecular flexibility index (Phi) is 3.28. The number of ether oxygens (including phenoxy) is 1. The Morgan fingerprint density at radius 3 is 2.53 bits per heavy atom. The minimum Gasteiger partial charge on any atom is -0.481 e. The number of amides is 1. The first kappa shape index (κ1) is 13.8. The number of hydrogen-bond acceptors (Lipinski definition) is 4. The highest BCUT2D eigenvalue weighted by Crippen LogP contribution is 2.46. The van der Waals surface area contributed by atoms with Gasteiger partial charge in [0.15, 0.2) is 0 Å². The van der Waals surface area contributed by atoms with Crippen molar-refractivity contribution in [3.05, 3.63) is 0 Å². The van der Waals surface area contributed by atoms with E-state index in [4.69, 9.17) is 4.74 Å². The van der Waals surface area contributed by atoms with Crippen molar-refractivity contribution in [2.24, 2.45) is 17.8 Å². The van der Waals surface area contributed by atoms with E-state index in [1.165, 1.54) is 0 Å². The summed E-state index contributed by atoms with van der Waals surface area (Å²) in [5.74, 6) is -2.38. The molecule has 1 amide bonds. The van der Waals surface area contributed by atoms with Crippen LogP contribution in [-0.4, -0.2) is 34.6 Å².